The van der Waals surface area contributed by atoms with Gasteiger partial charge in [-0.15, -0.1) is 0 Å². The fourth-order valence-corrected chi connectivity index (χ4v) is 3.57. The molecule has 7 nitrogen and oxygen atoms in total. The number of nitrogens with zero attached hydrogens (tertiary/aromatic N) is 4. The van der Waals surface area contributed by atoms with E-state index < -0.39 is 0 Å². The topological polar surface area (TPSA) is 85.8 Å². The molecule has 0 fully saturated rings. The zero-order valence-corrected chi connectivity index (χ0v) is 16.6. The summed E-state index contributed by atoms with van der Waals surface area (Å²) in [5, 5.41) is 1.06. The maximum absolute atomic E-state index is 6.08. The largest absolute Gasteiger partial charge is 0.496 e. The van der Waals surface area contributed by atoms with E-state index in [9.17, 15) is 0 Å². The Morgan fingerprint density at radius 2 is 1.90 bits per heavy atom. The molecule has 0 radical (unpaired) electrons. The molecule has 30 heavy (non-hydrogen) atoms. The monoisotopic (exact) mass is 397 g/mol. The molecule has 0 aliphatic heterocycles. The maximum Gasteiger partial charge on any atom is 0.243 e. The third-order valence-corrected chi connectivity index (χ3v) is 5.04. The Morgan fingerprint density at radius 3 is 2.80 bits per heavy atom. The number of hydrogen-bond donors (Lipinski definition) is 1. The molecule has 1 N–H and O–H groups in total. The summed E-state index contributed by atoms with van der Waals surface area (Å²) in [6, 6.07) is 16.1. The number of ether oxygens (including phenoxy) is 2. The van der Waals surface area contributed by atoms with E-state index >= 15 is 0 Å². The summed E-state index contributed by atoms with van der Waals surface area (Å²) in [6.07, 6.45) is 3.02. The number of aromatic nitrogens is 5. The second-order valence-electron chi connectivity index (χ2n) is 6.91. The molecule has 0 aliphatic rings. The van der Waals surface area contributed by atoms with Crippen molar-refractivity contribution in [2.75, 3.05) is 7.11 Å². The fraction of sp³-hybridized carbons (Fsp3) is 0.130. The summed E-state index contributed by atoms with van der Waals surface area (Å²) in [5.74, 6) is 1.21. The van der Waals surface area contributed by atoms with Gasteiger partial charge in [0.05, 0.1) is 24.6 Å². The maximum atomic E-state index is 6.08. The highest BCUT2D eigenvalue weighted by Gasteiger charge is 2.16. The molecule has 0 unspecified atom stereocenters. The molecule has 2 aromatic carbocycles. The van der Waals surface area contributed by atoms with Crippen LogP contribution in [0.3, 0.4) is 0 Å². The molecule has 3 aromatic heterocycles. The number of aryl methyl sites for hydroxylation is 1. The minimum absolute atomic E-state index is 0.287. The van der Waals surface area contributed by atoms with Crippen molar-refractivity contribution in [3.8, 4) is 22.9 Å². The van der Waals surface area contributed by atoms with E-state index in [1.54, 1.807) is 13.4 Å². The van der Waals surface area contributed by atoms with Crippen molar-refractivity contribution in [3.05, 3.63) is 72.3 Å². The third-order valence-electron chi connectivity index (χ3n) is 5.04. The normalized spacial score (nSPS) is 11.1. The van der Waals surface area contributed by atoms with E-state index in [1.165, 1.54) is 6.33 Å². The van der Waals surface area contributed by atoms with Crippen molar-refractivity contribution < 1.29 is 9.47 Å². The number of benzene rings is 2. The van der Waals surface area contributed by atoms with Gasteiger partial charge >= 0.3 is 0 Å². The first-order valence-corrected chi connectivity index (χ1v) is 9.54. The van der Waals surface area contributed by atoms with Crippen LogP contribution < -0.4 is 9.47 Å². The minimum atomic E-state index is 0.287. The fourth-order valence-electron chi connectivity index (χ4n) is 3.57. The number of fused-ring (bicyclic) bond motifs is 2. The van der Waals surface area contributed by atoms with Crippen LogP contribution in [0.25, 0.3) is 33.3 Å². The van der Waals surface area contributed by atoms with Gasteiger partial charge in [-0.1, -0.05) is 30.3 Å². The molecule has 0 aliphatic carbocycles. The molecule has 0 saturated heterocycles. The van der Waals surface area contributed by atoms with Gasteiger partial charge in [-0.05, 0) is 30.7 Å². The molecule has 5 aromatic rings. The van der Waals surface area contributed by atoms with Crippen LogP contribution in [0.2, 0.25) is 0 Å². The third kappa shape index (κ3) is 3.10. The molecule has 0 amide bonds. The molecule has 0 bridgehead atoms. The number of hydrogen-bond acceptors (Lipinski definition) is 6. The summed E-state index contributed by atoms with van der Waals surface area (Å²) in [7, 11) is 1.66. The van der Waals surface area contributed by atoms with Crippen molar-refractivity contribution in [2.45, 2.75) is 13.5 Å². The number of rotatable bonds is 5. The zero-order chi connectivity index (χ0) is 20.5. The zero-order valence-electron chi connectivity index (χ0n) is 16.6. The number of nitrogens with one attached hydrogen (secondary N) is 1. The Balaban J connectivity index is 1.63. The van der Waals surface area contributed by atoms with Crippen LogP contribution in [-0.4, -0.2) is 32.0 Å². The lowest BCUT2D eigenvalue weighted by atomic mass is 10.0. The molecular formula is C23H19N5O2. The Labute approximate surface area is 172 Å². The quantitative estimate of drug-likeness (QED) is 0.471. The molecule has 5 rings (SSSR count). The van der Waals surface area contributed by atoms with Crippen LogP contribution in [0.15, 0.2) is 61.2 Å². The predicted molar refractivity (Wildman–Crippen MR) is 114 cm³/mol. The molecule has 148 valence electrons. The van der Waals surface area contributed by atoms with Crippen molar-refractivity contribution in [1.29, 1.82) is 0 Å². The average molecular weight is 397 g/mol. The van der Waals surface area contributed by atoms with Crippen LogP contribution in [0.5, 0.6) is 11.6 Å². The lowest BCUT2D eigenvalue weighted by Crippen LogP contribution is -2.03. The summed E-state index contributed by atoms with van der Waals surface area (Å²) in [5.41, 5.74) is 5.98. The highest BCUT2D eigenvalue weighted by atomic mass is 16.5. The SMILES string of the molecule is COc1ccccc1-c1nc2c(C)cccc2cc1COc1ncnc2nc[nH]c12. The lowest BCUT2D eigenvalue weighted by molar-refractivity contribution is 0.297. The van der Waals surface area contributed by atoms with E-state index in [0.29, 0.717) is 17.0 Å². The van der Waals surface area contributed by atoms with E-state index in [-0.39, 0.29) is 6.61 Å². The Bertz CT molecular complexity index is 1360. The Kier molecular flexibility index (Phi) is 4.48. The van der Waals surface area contributed by atoms with Gasteiger partial charge in [0.1, 0.15) is 24.2 Å². The van der Waals surface area contributed by atoms with Gasteiger partial charge in [-0.2, -0.15) is 4.98 Å². The standard InChI is InChI=1S/C23H19N5O2/c1-14-6-5-7-15-10-16(11-30-23-21-22(25-12-24-21)26-13-27-23)20(28-19(14)15)17-8-3-4-9-18(17)29-2/h3-10,12-13H,11H2,1-2H3,(H,24,25,26,27). The van der Waals surface area contributed by atoms with E-state index in [4.69, 9.17) is 14.5 Å². The van der Waals surface area contributed by atoms with E-state index in [1.807, 2.05) is 30.3 Å². The van der Waals surface area contributed by atoms with Gasteiger partial charge < -0.3 is 14.5 Å². The molecule has 0 atom stereocenters. The lowest BCUT2D eigenvalue weighted by Gasteiger charge is -2.15. The van der Waals surface area contributed by atoms with Crippen molar-refractivity contribution in [2.24, 2.45) is 0 Å². The van der Waals surface area contributed by atoms with E-state index in [0.717, 1.165) is 39.0 Å². The van der Waals surface area contributed by atoms with Crippen LogP contribution in [-0.2, 0) is 6.61 Å². The first-order valence-electron chi connectivity index (χ1n) is 9.54. The number of para-hydroxylation sites is 2. The molecule has 7 heteroatoms. The van der Waals surface area contributed by atoms with E-state index in [2.05, 4.69) is 45.1 Å². The molecule has 0 saturated carbocycles. The van der Waals surface area contributed by atoms with Crippen LogP contribution in [0.1, 0.15) is 11.1 Å². The second-order valence-corrected chi connectivity index (χ2v) is 6.91. The molecule has 3 heterocycles. The molecular weight excluding hydrogens is 378 g/mol. The first kappa shape index (κ1) is 18.1. The van der Waals surface area contributed by atoms with Crippen molar-refractivity contribution >= 4 is 22.1 Å². The Hall–Kier alpha value is -4.00. The van der Waals surface area contributed by atoms with Gasteiger partial charge in [-0.3, -0.25) is 0 Å². The van der Waals surface area contributed by atoms with Gasteiger partial charge in [0.15, 0.2) is 5.65 Å². The number of imidazole rings is 1. The van der Waals surface area contributed by atoms with Gasteiger partial charge in [0, 0.05) is 16.5 Å². The molecule has 0 spiro atoms. The number of H-pyrrole nitrogens is 1. The highest BCUT2D eigenvalue weighted by Crippen LogP contribution is 2.34. The van der Waals surface area contributed by atoms with Crippen LogP contribution in [0, 0.1) is 6.92 Å². The average Bonchev–Trinajstić information content (AvgIpc) is 3.27. The van der Waals surface area contributed by atoms with Crippen LogP contribution in [0.4, 0.5) is 0 Å². The second kappa shape index (κ2) is 7.44. The summed E-state index contributed by atoms with van der Waals surface area (Å²) >= 11 is 0. The Morgan fingerprint density at radius 1 is 1.00 bits per heavy atom. The minimum Gasteiger partial charge on any atom is -0.496 e. The van der Waals surface area contributed by atoms with Gasteiger partial charge in [-0.25, -0.2) is 15.0 Å². The van der Waals surface area contributed by atoms with Gasteiger partial charge in [0.2, 0.25) is 5.88 Å². The number of pyridine rings is 1. The van der Waals surface area contributed by atoms with Crippen LogP contribution >= 0.6 is 0 Å². The summed E-state index contributed by atoms with van der Waals surface area (Å²) in [4.78, 5) is 20.6. The summed E-state index contributed by atoms with van der Waals surface area (Å²) < 4.78 is 11.7. The smallest absolute Gasteiger partial charge is 0.243 e. The van der Waals surface area contributed by atoms with Gasteiger partial charge in [0.25, 0.3) is 0 Å². The number of methoxy groups -OCH3 is 1. The van der Waals surface area contributed by atoms with Crippen molar-refractivity contribution in [1.82, 2.24) is 24.9 Å². The highest BCUT2D eigenvalue weighted by molar-refractivity contribution is 5.86. The van der Waals surface area contributed by atoms with Crippen molar-refractivity contribution in [3.63, 3.8) is 0 Å². The summed E-state index contributed by atoms with van der Waals surface area (Å²) in [6.45, 7) is 2.35. The predicted octanol–water partition coefficient (Wildman–Crippen LogP) is 4.46. The first-order chi connectivity index (χ1) is 14.7. The number of aromatic amines is 1.